The second-order valence-corrected chi connectivity index (χ2v) is 5.38. The van der Waals surface area contributed by atoms with E-state index >= 15 is 0 Å². The van der Waals surface area contributed by atoms with Gasteiger partial charge in [-0.3, -0.25) is 0 Å². The smallest absolute Gasteiger partial charge is 0.219 e. The van der Waals surface area contributed by atoms with Crippen LogP contribution in [0.3, 0.4) is 0 Å². The van der Waals surface area contributed by atoms with Crippen LogP contribution in [0.1, 0.15) is 5.56 Å². The van der Waals surface area contributed by atoms with Gasteiger partial charge in [-0.05, 0) is 46.7 Å². The number of benzene rings is 2. The number of fused-ring (bicyclic) bond motifs is 1. The number of hydrogen-bond acceptors (Lipinski definition) is 3. The van der Waals surface area contributed by atoms with Crippen LogP contribution in [0, 0.1) is 0 Å². The zero-order valence-corrected chi connectivity index (χ0v) is 12.3. The minimum absolute atomic E-state index is 0.477. The molecule has 0 saturated heterocycles. The molecule has 0 amide bonds. The highest BCUT2D eigenvalue weighted by Crippen LogP contribution is 2.26. The Balaban J connectivity index is 1.92. The Labute approximate surface area is 125 Å². The van der Waals surface area contributed by atoms with Gasteiger partial charge in [0.1, 0.15) is 5.75 Å². The fraction of sp³-hybridized carbons (Fsp3) is 0.0625. The van der Waals surface area contributed by atoms with Crippen LogP contribution in [0.5, 0.6) is 11.6 Å². The maximum absolute atomic E-state index is 5.78. The fourth-order valence-corrected chi connectivity index (χ4v) is 2.39. The Kier molecular flexibility index (Phi) is 3.67. The van der Waals surface area contributed by atoms with Crippen molar-refractivity contribution in [1.82, 2.24) is 4.98 Å². The molecule has 0 fully saturated rings. The number of halogens is 1. The molecule has 4 heteroatoms. The van der Waals surface area contributed by atoms with E-state index in [4.69, 9.17) is 10.5 Å². The third-order valence-corrected chi connectivity index (χ3v) is 3.52. The summed E-state index contributed by atoms with van der Waals surface area (Å²) in [7, 11) is 0. The van der Waals surface area contributed by atoms with E-state index in [0.29, 0.717) is 12.4 Å². The first-order chi connectivity index (χ1) is 9.74. The van der Waals surface area contributed by atoms with E-state index in [-0.39, 0.29) is 0 Å². The number of aromatic nitrogens is 1. The van der Waals surface area contributed by atoms with Gasteiger partial charge in [-0.1, -0.05) is 28.1 Å². The Morgan fingerprint density at radius 2 is 1.80 bits per heavy atom. The van der Waals surface area contributed by atoms with Crippen molar-refractivity contribution in [2.24, 2.45) is 5.73 Å². The first-order valence-corrected chi connectivity index (χ1v) is 7.06. The molecule has 0 aliphatic heterocycles. The highest BCUT2D eigenvalue weighted by atomic mass is 79.9. The van der Waals surface area contributed by atoms with Gasteiger partial charge in [-0.25, -0.2) is 4.98 Å². The average Bonchev–Trinajstić information content (AvgIpc) is 2.47. The van der Waals surface area contributed by atoms with Crippen LogP contribution in [0.15, 0.2) is 59.2 Å². The molecule has 0 spiro atoms. The lowest BCUT2D eigenvalue weighted by Gasteiger charge is -2.07. The molecule has 0 bridgehead atoms. The van der Waals surface area contributed by atoms with Gasteiger partial charge in [0.25, 0.3) is 0 Å². The lowest BCUT2D eigenvalue weighted by Crippen LogP contribution is -1.97. The maximum Gasteiger partial charge on any atom is 0.219 e. The molecule has 1 heterocycles. The van der Waals surface area contributed by atoms with Crippen molar-refractivity contribution < 1.29 is 4.74 Å². The van der Waals surface area contributed by atoms with Gasteiger partial charge in [0, 0.05) is 23.3 Å². The monoisotopic (exact) mass is 328 g/mol. The quantitative estimate of drug-likeness (QED) is 0.781. The van der Waals surface area contributed by atoms with E-state index in [1.165, 1.54) is 0 Å². The molecule has 100 valence electrons. The Hall–Kier alpha value is -1.91. The normalized spacial score (nSPS) is 10.7. The summed E-state index contributed by atoms with van der Waals surface area (Å²) < 4.78 is 6.85. The van der Waals surface area contributed by atoms with Crippen LogP contribution in [0.4, 0.5) is 0 Å². The fourth-order valence-electron chi connectivity index (χ4n) is 2.01. The second-order valence-electron chi connectivity index (χ2n) is 4.46. The molecule has 0 aliphatic rings. The summed E-state index contributed by atoms with van der Waals surface area (Å²) in [6, 6.07) is 15.8. The highest BCUT2D eigenvalue weighted by Gasteiger charge is 2.02. The standard InChI is InChI=1S/C16H13BrN2O/c17-14-3-1-13-9-15(4-2-12(13)8-14)20-16-7-11(10-18)5-6-19-16/h1-9H,10,18H2. The molecule has 3 rings (SSSR count). The second kappa shape index (κ2) is 5.61. The minimum Gasteiger partial charge on any atom is -0.439 e. The number of pyridine rings is 1. The third kappa shape index (κ3) is 2.81. The topological polar surface area (TPSA) is 48.1 Å². The van der Waals surface area contributed by atoms with E-state index in [0.717, 1.165) is 26.6 Å². The minimum atomic E-state index is 0.477. The van der Waals surface area contributed by atoms with Gasteiger partial charge in [0.15, 0.2) is 0 Å². The lowest BCUT2D eigenvalue weighted by atomic mass is 10.1. The summed E-state index contributed by atoms with van der Waals surface area (Å²) in [4.78, 5) is 4.19. The number of rotatable bonds is 3. The molecule has 0 radical (unpaired) electrons. The van der Waals surface area contributed by atoms with Crippen LogP contribution in [-0.4, -0.2) is 4.98 Å². The van der Waals surface area contributed by atoms with Crippen molar-refractivity contribution in [2.45, 2.75) is 6.54 Å². The van der Waals surface area contributed by atoms with Crippen molar-refractivity contribution >= 4 is 26.7 Å². The molecule has 1 aromatic heterocycles. The van der Waals surface area contributed by atoms with Gasteiger partial charge in [0.2, 0.25) is 5.88 Å². The van der Waals surface area contributed by atoms with Gasteiger partial charge < -0.3 is 10.5 Å². The van der Waals surface area contributed by atoms with Crippen molar-refractivity contribution in [1.29, 1.82) is 0 Å². The first-order valence-electron chi connectivity index (χ1n) is 6.27. The van der Waals surface area contributed by atoms with E-state index in [2.05, 4.69) is 33.0 Å². The van der Waals surface area contributed by atoms with Crippen LogP contribution in [-0.2, 0) is 6.54 Å². The zero-order valence-electron chi connectivity index (χ0n) is 10.7. The molecule has 0 atom stereocenters. The molecule has 20 heavy (non-hydrogen) atoms. The molecule has 0 aliphatic carbocycles. The third-order valence-electron chi connectivity index (χ3n) is 3.03. The first kappa shape index (κ1) is 13.1. The lowest BCUT2D eigenvalue weighted by molar-refractivity contribution is 0.463. The molecular formula is C16H13BrN2O. The van der Waals surface area contributed by atoms with Gasteiger partial charge in [0.05, 0.1) is 0 Å². The van der Waals surface area contributed by atoms with Crippen molar-refractivity contribution in [3.05, 3.63) is 64.8 Å². The van der Waals surface area contributed by atoms with Crippen LogP contribution in [0.2, 0.25) is 0 Å². The summed E-state index contributed by atoms with van der Waals surface area (Å²) in [5.41, 5.74) is 6.61. The Morgan fingerprint density at radius 1 is 1.00 bits per heavy atom. The summed E-state index contributed by atoms with van der Waals surface area (Å²) >= 11 is 3.47. The van der Waals surface area contributed by atoms with E-state index < -0.39 is 0 Å². The van der Waals surface area contributed by atoms with Crippen molar-refractivity contribution in [2.75, 3.05) is 0 Å². The molecule has 2 N–H and O–H groups in total. The highest BCUT2D eigenvalue weighted by molar-refractivity contribution is 9.10. The van der Waals surface area contributed by atoms with Gasteiger partial charge >= 0.3 is 0 Å². The molecule has 0 saturated carbocycles. The SMILES string of the molecule is NCc1ccnc(Oc2ccc3cc(Br)ccc3c2)c1. The predicted octanol–water partition coefficient (Wildman–Crippen LogP) is 4.25. The van der Waals surface area contributed by atoms with Crippen molar-refractivity contribution in [3.63, 3.8) is 0 Å². The average molecular weight is 329 g/mol. The molecule has 3 aromatic rings. The zero-order chi connectivity index (χ0) is 13.9. The summed E-state index contributed by atoms with van der Waals surface area (Å²) in [6.45, 7) is 0.477. The van der Waals surface area contributed by atoms with Crippen LogP contribution < -0.4 is 10.5 Å². The molecular weight excluding hydrogens is 316 g/mol. The number of nitrogens with two attached hydrogens (primary N) is 1. The molecule has 3 nitrogen and oxygen atoms in total. The molecule has 0 unspecified atom stereocenters. The molecule has 2 aromatic carbocycles. The van der Waals surface area contributed by atoms with E-state index in [1.807, 2.05) is 36.4 Å². The van der Waals surface area contributed by atoms with Crippen LogP contribution in [0.25, 0.3) is 10.8 Å². The van der Waals surface area contributed by atoms with Gasteiger partial charge in [-0.15, -0.1) is 0 Å². The number of nitrogens with zero attached hydrogens (tertiary/aromatic N) is 1. The Morgan fingerprint density at radius 3 is 2.65 bits per heavy atom. The van der Waals surface area contributed by atoms with Gasteiger partial charge in [-0.2, -0.15) is 0 Å². The largest absolute Gasteiger partial charge is 0.439 e. The van der Waals surface area contributed by atoms with Crippen LogP contribution >= 0.6 is 15.9 Å². The Bertz CT molecular complexity index is 758. The number of ether oxygens (including phenoxy) is 1. The summed E-state index contributed by atoms with van der Waals surface area (Å²) in [5.74, 6) is 1.32. The summed E-state index contributed by atoms with van der Waals surface area (Å²) in [6.07, 6.45) is 1.70. The summed E-state index contributed by atoms with van der Waals surface area (Å²) in [5, 5.41) is 2.29. The van der Waals surface area contributed by atoms with E-state index in [9.17, 15) is 0 Å². The van der Waals surface area contributed by atoms with Crippen molar-refractivity contribution in [3.8, 4) is 11.6 Å². The predicted molar refractivity (Wildman–Crippen MR) is 83.9 cm³/mol. The number of hydrogen-bond donors (Lipinski definition) is 1. The maximum atomic E-state index is 5.78. The van der Waals surface area contributed by atoms with E-state index in [1.54, 1.807) is 6.20 Å².